The number of carbonyl (C=O) groups is 3. The Kier molecular flexibility index (Phi) is 13.4. The summed E-state index contributed by atoms with van der Waals surface area (Å²) in [5, 5.41) is 2.76. The average Bonchev–Trinajstić information content (AvgIpc) is 3.97. The zero-order chi connectivity index (χ0) is 41.6. The van der Waals surface area contributed by atoms with Gasteiger partial charge in [0.25, 0.3) is 0 Å². The number of aromatic amines is 2. The number of alkyl carbamates (subject to hydrolysis) is 1. The van der Waals surface area contributed by atoms with Crippen LogP contribution in [0.2, 0.25) is 0 Å². The summed E-state index contributed by atoms with van der Waals surface area (Å²) >= 11 is 0. The monoisotopic (exact) mass is 815 g/mol. The Labute approximate surface area is 343 Å². The number of H-pyrrole nitrogens is 2. The molecule has 3 amide bonds. The Hall–Kier alpha value is -5.15. The van der Waals surface area contributed by atoms with Crippen LogP contribution in [0.15, 0.2) is 48.5 Å². The van der Waals surface area contributed by atoms with Crippen molar-refractivity contribution >= 4 is 17.9 Å². The molecule has 0 saturated carbocycles. The second-order valence-corrected chi connectivity index (χ2v) is 16.1. The van der Waals surface area contributed by atoms with Gasteiger partial charge in [0, 0.05) is 56.1 Å². The van der Waals surface area contributed by atoms with Crippen LogP contribution in [-0.2, 0) is 30.3 Å². The van der Waals surface area contributed by atoms with E-state index in [1.807, 2.05) is 45.0 Å². The molecule has 4 atom stereocenters. The van der Waals surface area contributed by atoms with Crippen molar-refractivity contribution in [3.63, 3.8) is 0 Å². The normalized spacial score (nSPS) is 20.0. The van der Waals surface area contributed by atoms with Crippen molar-refractivity contribution < 1.29 is 37.4 Å². The predicted molar refractivity (Wildman–Crippen MR) is 217 cm³/mol. The average molecular weight is 816 g/mol. The maximum Gasteiger partial charge on any atom is 0.407 e. The van der Waals surface area contributed by atoms with Gasteiger partial charge in [0.15, 0.2) is 0 Å². The molecule has 316 valence electrons. The predicted octanol–water partition coefficient (Wildman–Crippen LogP) is 7.56. The molecule has 3 aliphatic rings. The second-order valence-electron chi connectivity index (χ2n) is 16.1. The maximum absolute atomic E-state index is 15.6. The number of imidazole rings is 2. The summed E-state index contributed by atoms with van der Waals surface area (Å²) in [6.45, 7) is 8.52. The number of hydrogen-bond donors (Lipinski definition) is 3. The summed E-state index contributed by atoms with van der Waals surface area (Å²) in [6, 6.07) is 13.2. The Balaban J connectivity index is 1.03. The van der Waals surface area contributed by atoms with Crippen molar-refractivity contribution in [2.45, 2.75) is 103 Å². The Morgan fingerprint density at radius 1 is 0.847 bits per heavy atom. The lowest BCUT2D eigenvalue weighted by Crippen LogP contribution is -2.54. The molecular weight excluding hydrogens is 761 g/mol. The van der Waals surface area contributed by atoms with E-state index in [1.54, 1.807) is 34.1 Å². The Morgan fingerprint density at radius 2 is 1.41 bits per heavy atom. The highest BCUT2D eigenvalue weighted by molar-refractivity contribution is 5.87. The summed E-state index contributed by atoms with van der Waals surface area (Å²) < 4.78 is 46.7. The minimum absolute atomic E-state index is 0.0214. The Morgan fingerprint density at radius 3 is 2.00 bits per heavy atom. The van der Waals surface area contributed by atoms with E-state index >= 15 is 8.78 Å². The molecule has 0 aliphatic carbocycles. The van der Waals surface area contributed by atoms with Crippen molar-refractivity contribution in [3.05, 3.63) is 72.1 Å². The van der Waals surface area contributed by atoms with Crippen LogP contribution in [-0.4, -0.2) is 99.3 Å². The van der Waals surface area contributed by atoms with E-state index in [2.05, 4.69) is 25.3 Å². The number of nitrogens with one attached hydrogen (secondary N) is 3. The highest BCUT2D eigenvalue weighted by Crippen LogP contribution is 2.38. The van der Waals surface area contributed by atoms with Crippen molar-refractivity contribution in [2.24, 2.45) is 11.8 Å². The molecule has 0 spiro atoms. The molecule has 7 rings (SSSR count). The van der Waals surface area contributed by atoms with Gasteiger partial charge < -0.3 is 39.3 Å². The molecule has 3 fully saturated rings. The highest BCUT2D eigenvalue weighted by atomic mass is 19.1. The van der Waals surface area contributed by atoms with E-state index < -0.39 is 30.1 Å². The fourth-order valence-electron chi connectivity index (χ4n) is 8.61. The fourth-order valence-corrected chi connectivity index (χ4v) is 8.61. The first-order chi connectivity index (χ1) is 28.5. The minimum Gasteiger partial charge on any atom is -0.453 e. The zero-order valence-corrected chi connectivity index (χ0v) is 34.3. The topological polar surface area (TPSA) is 155 Å². The van der Waals surface area contributed by atoms with E-state index in [0.29, 0.717) is 81.3 Å². The number of halogens is 2. The molecule has 3 aliphatic heterocycles. The maximum atomic E-state index is 15.6. The largest absolute Gasteiger partial charge is 0.453 e. The highest BCUT2D eigenvalue weighted by Gasteiger charge is 2.43. The number of methoxy groups -OCH3 is 1. The first kappa shape index (κ1) is 42.0. The summed E-state index contributed by atoms with van der Waals surface area (Å²) in [6.07, 6.45) is 4.79. The van der Waals surface area contributed by atoms with E-state index in [4.69, 9.17) is 14.2 Å². The molecule has 3 N–H and O–H groups in total. The molecule has 15 heteroatoms. The molecule has 4 aromatic rings. The van der Waals surface area contributed by atoms with Gasteiger partial charge in [-0.25, -0.2) is 14.8 Å². The molecule has 0 radical (unpaired) electrons. The number of ether oxygens (including phenoxy) is 3. The third kappa shape index (κ3) is 9.51. The van der Waals surface area contributed by atoms with Gasteiger partial charge in [0.1, 0.15) is 29.1 Å². The summed E-state index contributed by atoms with van der Waals surface area (Å²) in [4.78, 5) is 58.1. The lowest BCUT2D eigenvalue weighted by Gasteiger charge is -2.36. The quantitative estimate of drug-likeness (QED) is 0.125. The third-order valence-electron chi connectivity index (χ3n) is 12.3. The minimum atomic E-state index is -0.805. The van der Waals surface area contributed by atoms with Crippen molar-refractivity contribution in [1.82, 2.24) is 35.1 Å². The fraction of sp³-hybridized carbons (Fsp3) is 0.523. The van der Waals surface area contributed by atoms with E-state index in [1.165, 1.54) is 7.11 Å². The summed E-state index contributed by atoms with van der Waals surface area (Å²) in [7, 11) is 1.27. The van der Waals surface area contributed by atoms with Gasteiger partial charge in [-0.1, -0.05) is 55.5 Å². The molecule has 3 saturated heterocycles. The van der Waals surface area contributed by atoms with Crippen LogP contribution >= 0.6 is 0 Å². The van der Waals surface area contributed by atoms with Crippen LogP contribution in [0, 0.1) is 23.7 Å². The lowest BCUT2D eigenvalue weighted by atomic mass is 9.90. The zero-order valence-electron chi connectivity index (χ0n) is 34.3. The van der Waals surface area contributed by atoms with Crippen LogP contribution in [0.1, 0.15) is 89.8 Å². The van der Waals surface area contributed by atoms with Gasteiger partial charge in [-0.3, -0.25) is 9.59 Å². The number of carbonyl (C=O) groups excluding carboxylic acids is 3. The van der Waals surface area contributed by atoms with Crippen LogP contribution in [0.3, 0.4) is 0 Å². The number of hydrogen-bond acceptors (Lipinski definition) is 8. The standard InChI is InChI=1S/C44H55F2N7O6/c1-5-26(2)52(36(54)24-28-16-20-58-21-17-28)25-35-47-37(40(45)48-35)31-11-7-29(8-12-31)30-9-13-32(14-10-30)38-41(46)51-42(49-38)34-15-6-27(3)53(34)43(55)39(50-44(56)57-4)33-18-22-59-23-19-33/h7-14,26-28,33-34,39H,5-6,15-25H2,1-4H3,(H,47,48)(H,49,51)(H,50,56)/t26-,27?,34?,39?/m0/s1. The van der Waals surface area contributed by atoms with Crippen molar-refractivity contribution in [3.8, 4) is 33.6 Å². The van der Waals surface area contributed by atoms with Crippen molar-refractivity contribution in [2.75, 3.05) is 33.5 Å². The number of amides is 3. The molecule has 0 bridgehead atoms. The molecule has 3 unspecified atom stereocenters. The lowest BCUT2D eigenvalue weighted by molar-refractivity contribution is -0.139. The number of benzene rings is 2. The van der Waals surface area contributed by atoms with Gasteiger partial charge in [-0.15, -0.1) is 0 Å². The number of likely N-dealkylation sites (tertiary alicyclic amines) is 1. The summed E-state index contributed by atoms with van der Waals surface area (Å²) in [5.74, 6) is -0.458. The molecular formula is C44H55F2N7O6. The molecule has 2 aromatic heterocycles. The van der Waals surface area contributed by atoms with Crippen LogP contribution < -0.4 is 5.32 Å². The molecule has 2 aromatic carbocycles. The Bertz CT molecular complexity index is 2060. The van der Waals surface area contributed by atoms with Gasteiger partial charge in [0.2, 0.25) is 23.7 Å². The van der Waals surface area contributed by atoms with Gasteiger partial charge in [0.05, 0.1) is 19.7 Å². The first-order valence-electron chi connectivity index (χ1n) is 20.9. The second kappa shape index (κ2) is 18.8. The van der Waals surface area contributed by atoms with E-state index in [0.717, 1.165) is 30.4 Å². The van der Waals surface area contributed by atoms with E-state index in [-0.39, 0.29) is 53.7 Å². The first-order valence-corrected chi connectivity index (χ1v) is 20.9. The van der Waals surface area contributed by atoms with Gasteiger partial charge in [-0.2, -0.15) is 8.78 Å². The molecule has 59 heavy (non-hydrogen) atoms. The number of rotatable bonds is 13. The number of aromatic nitrogens is 4. The third-order valence-corrected chi connectivity index (χ3v) is 12.3. The van der Waals surface area contributed by atoms with Crippen molar-refractivity contribution in [1.29, 1.82) is 0 Å². The number of nitrogens with zero attached hydrogens (tertiary/aromatic N) is 4. The van der Waals surface area contributed by atoms with Crippen LogP contribution in [0.25, 0.3) is 33.6 Å². The van der Waals surface area contributed by atoms with Crippen LogP contribution in [0.5, 0.6) is 0 Å². The molecule has 13 nitrogen and oxygen atoms in total. The smallest absolute Gasteiger partial charge is 0.407 e. The SMILES string of the molecule is CC[C@H](C)N(Cc1nc(-c2ccc(-c3ccc(-c4nc(C5CCC(C)N5C(=O)C(NC(=O)OC)C5CCOCC5)[nH]c4F)cc3)cc2)c(F)[nH]1)C(=O)CC1CCOCC1. The molecule has 5 heterocycles. The van der Waals surface area contributed by atoms with Crippen LogP contribution in [0.4, 0.5) is 13.6 Å². The van der Waals surface area contributed by atoms with Gasteiger partial charge in [-0.05, 0) is 81.8 Å². The van der Waals surface area contributed by atoms with Gasteiger partial charge >= 0.3 is 6.09 Å². The van der Waals surface area contributed by atoms with E-state index in [9.17, 15) is 14.4 Å². The summed E-state index contributed by atoms with van der Waals surface area (Å²) in [5.41, 5.74) is 3.22.